The average molecular weight is 190 g/mol. The van der Waals surface area contributed by atoms with Gasteiger partial charge in [0.1, 0.15) is 0 Å². The third-order valence-electron chi connectivity index (χ3n) is 3.30. The molecule has 1 heterocycles. The van der Waals surface area contributed by atoms with Gasteiger partial charge in [0, 0.05) is 23.9 Å². The largest absolute Gasteiger partial charge is 0.316 e. The molecule has 2 rings (SSSR count). The highest BCUT2D eigenvalue weighted by atomic mass is 14.9. The third-order valence-corrected chi connectivity index (χ3v) is 3.30. The highest BCUT2D eigenvalue weighted by Crippen LogP contribution is 2.34. The lowest BCUT2D eigenvalue weighted by Gasteiger charge is -2.21. The van der Waals surface area contributed by atoms with Crippen molar-refractivity contribution in [2.45, 2.75) is 38.1 Å². The Bertz CT molecular complexity index is 305. The van der Waals surface area contributed by atoms with E-state index >= 15 is 0 Å². The van der Waals surface area contributed by atoms with E-state index in [0.29, 0.717) is 12.0 Å². The van der Waals surface area contributed by atoms with Gasteiger partial charge in [0.05, 0.1) is 0 Å². The number of aromatic nitrogens is 1. The van der Waals surface area contributed by atoms with Gasteiger partial charge in [-0.1, -0.05) is 13.0 Å². The first-order valence-corrected chi connectivity index (χ1v) is 5.47. The fourth-order valence-electron chi connectivity index (χ4n) is 2.53. The molecule has 1 aromatic heterocycles. The number of likely N-dealkylation sites (N-methyl/N-ethyl adjacent to an activating group) is 1. The van der Waals surface area contributed by atoms with E-state index in [0.717, 1.165) is 0 Å². The zero-order valence-corrected chi connectivity index (χ0v) is 8.96. The summed E-state index contributed by atoms with van der Waals surface area (Å²) in [5.74, 6) is 0.626. The molecular weight excluding hydrogens is 172 g/mol. The van der Waals surface area contributed by atoms with Crippen LogP contribution in [0.3, 0.4) is 0 Å². The van der Waals surface area contributed by atoms with Crippen molar-refractivity contribution in [3.05, 3.63) is 29.6 Å². The summed E-state index contributed by atoms with van der Waals surface area (Å²) in [6, 6.07) is 4.85. The molecule has 14 heavy (non-hydrogen) atoms. The lowest BCUT2D eigenvalue weighted by atomic mass is 9.95. The van der Waals surface area contributed by atoms with E-state index in [2.05, 4.69) is 30.3 Å². The Hall–Kier alpha value is -0.890. The van der Waals surface area contributed by atoms with Gasteiger partial charge >= 0.3 is 0 Å². The van der Waals surface area contributed by atoms with E-state index in [1.807, 2.05) is 12.3 Å². The highest BCUT2D eigenvalue weighted by Gasteiger charge is 2.28. The zero-order chi connectivity index (χ0) is 9.97. The molecule has 1 aliphatic carbocycles. The summed E-state index contributed by atoms with van der Waals surface area (Å²) in [6.45, 7) is 2.24. The van der Waals surface area contributed by atoms with E-state index in [9.17, 15) is 0 Å². The molecule has 0 bridgehead atoms. The number of hydrogen-bond donors (Lipinski definition) is 1. The van der Waals surface area contributed by atoms with Crippen LogP contribution in [0.1, 0.15) is 36.9 Å². The van der Waals surface area contributed by atoms with E-state index < -0.39 is 0 Å². The van der Waals surface area contributed by atoms with E-state index in [1.54, 1.807) is 0 Å². The second-order valence-electron chi connectivity index (χ2n) is 4.00. The SMILES string of the molecule is CCC(NC)C1CCc2cccnc21. The summed E-state index contributed by atoms with van der Waals surface area (Å²) in [5, 5.41) is 3.39. The van der Waals surface area contributed by atoms with Crippen LogP contribution in [0.5, 0.6) is 0 Å². The van der Waals surface area contributed by atoms with Crippen LogP contribution in [-0.4, -0.2) is 18.1 Å². The topological polar surface area (TPSA) is 24.9 Å². The van der Waals surface area contributed by atoms with Crippen LogP contribution in [0.4, 0.5) is 0 Å². The van der Waals surface area contributed by atoms with Crippen molar-refractivity contribution in [1.82, 2.24) is 10.3 Å². The Morgan fingerprint density at radius 1 is 1.64 bits per heavy atom. The average Bonchev–Trinajstić information content (AvgIpc) is 2.65. The lowest BCUT2D eigenvalue weighted by molar-refractivity contribution is 0.441. The van der Waals surface area contributed by atoms with Gasteiger partial charge in [-0.3, -0.25) is 4.98 Å². The third kappa shape index (κ3) is 1.55. The fourth-order valence-corrected chi connectivity index (χ4v) is 2.53. The standard InChI is InChI=1S/C12H18N2/c1-3-11(13-2)10-7-6-9-5-4-8-14-12(9)10/h4-5,8,10-11,13H,3,6-7H2,1-2H3. The van der Waals surface area contributed by atoms with Gasteiger partial charge in [-0.2, -0.15) is 0 Å². The second-order valence-corrected chi connectivity index (χ2v) is 4.00. The molecule has 0 spiro atoms. The summed E-state index contributed by atoms with van der Waals surface area (Å²) in [6.07, 6.45) is 5.55. The summed E-state index contributed by atoms with van der Waals surface area (Å²) in [7, 11) is 2.05. The predicted molar refractivity (Wildman–Crippen MR) is 58.4 cm³/mol. The Kier molecular flexibility index (Phi) is 2.82. The Balaban J connectivity index is 2.25. The molecule has 0 aliphatic heterocycles. The van der Waals surface area contributed by atoms with Crippen LogP contribution >= 0.6 is 0 Å². The number of nitrogens with zero attached hydrogens (tertiary/aromatic N) is 1. The van der Waals surface area contributed by atoms with E-state index in [-0.39, 0.29) is 0 Å². The van der Waals surface area contributed by atoms with E-state index in [1.165, 1.54) is 30.5 Å². The molecule has 0 saturated heterocycles. The Morgan fingerprint density at radius 3 is 3.21 bits per heavy atom. The monoisotopic (exact) mass is 190 g/mol. The van der Waals surface area contributed by atoms with Crippen molar-refractivity contribution < 1.29 is 0 Å². The van der Waals surface area contributed by atoms with Crippen LogP contribution in [0, 0.1) is 0 Å². The minimum absolute atomic E-state index is 0.589. The van der Waals surface area contributed by atoms with Crippen LogP contribution in [0.2, 0.25) is 0 Å². The van der Waals surface area contributed by atoms with Crippen molar-refractivity contribution in [3.63, 3.8) is 0 Å². The van der Waals surface area contributed by atoms with Gasteiger partial charge in [0.2, 0.25) is 0 Å². The lowest BCUT2D eigenvalue weighted by Crippen LogP contribution is -2.30. The van der Waals surface area contributed by atoms with Crippen molar-refractivity contribution in [2.75, 3.05) is 7.05 Å². The summed E-state index contributed by atoms with van der Waals surface area (Å²) in [4.78, 5) is 4.52. The van der Waals surface area contributed by atoms with Gasteiger partial charge in [-0.05, 0) is 37.9 Å². The predicted octanol–water partition coefficient (Wildman–Crippen LogP) is 2.11. The molecule has 76 valence electrons. The molecule has 1 N–H and O–H groups in total. The van der Waals surface area contributed by atoms with Crippen molar-refractivity contribution in [1.29, 1.82) is 0 Å². The van der Waals surface area contributed by atoms with Crippen LogP contribution in [0.25, 0.3) is 0 Å². The van der Waals surface area contributed by atoms with Gasteiger partial charge in [0.15, 0.2) is 0 Å². The fraction of sp³-hybridized carbons (Fsp3) is 0.583. The first kappa shape index (κ1) is 9.66. The maximum Gasteiger partial charge on any atom is 0.0482 e. The molecule has 0 saturated carbocycles. The number of fused-ring (bicyclic) bond motifs is 1. The number of pyridine rings is 1. The number of rotatable bonds is 3. The molecule has 0 radical (unpaired) electrons. The van der Waals surface area contributed by atoms with E-state index in [4.69, 9.17) is 0 Å². The molecule has 2 nitrogen and oxygen atoms in total. The first-order chi connectivity index (χ1) is 6.86. The molecule has 0 amide bonds. The summed E-state index contributed by atoms with van der Waals surface area (Å²) >= 11 is 0. The van der Waals surface area contributed by atoms with Crippen LogP contribution in [-0.2, 0) is 6.42 Å². The summed E-state index contributed by atoms with van der Waals surface area (Å²) < 4.78 is 0. The summed E-state index contributed by atoms with van der Waals surface area (Å²) in [5.41, 5.74) is 2.78. The van der Waals surface area contributed by atoms with Crippen LogP contribution < -0.4 is 5.32 Å². The Labute approximate surface area is 85.7 Å². The zero-order valence-electron chi connectivity index (χ0n) is 8.96. The quantitative estimate of drug-likeness (QED) is 0.789. The van der Waals surface area contributed by atoms with Gasteiger partial charge in [0.25, 0.3) is 0 Å². The first-order valence-electron chi connectivity index (χ1n) is 5.47. The molecule has 2 unspecified atom stereocenters. The highest BCUT2D eigenvalue weighted by molar-refractivity contribution is 5.29. The normalized spacial score (nSPS) is 22.0. The molecular formula is C12H18N2. The number of hydrogen-bond acceptors (Lipinski definition) is 2. The number of nitrogens with one attached hydrogen (secondary N) is 1. The molecule has 2 heteroatoms. The maximum absolute atomic E-state index is 4.52. The van der Waals surface area contributed by atoms with Gasteiger partial charge in [-0.25, -0.2) is 0 Å². The van der Waals surface area contributed by atoms with Gasteiger partial charge in [-0.15, -0.1) is 0 Å². The van der Waals surface area contributed by atoms with Crippen LogP contribution in [0.15, 0.2) is 18.3 Å². The number of aryl methyl sites for hydroxylation is 1. The second kappa shape index (κ2) is 4.09. The molecule has 1 aromatic rings. The molecule has 0 aromatic carbocycles. The van der Waals surface area contributed by atoms with Crippen molar-refractivity contribution >= 4 is 0 Å². The van der Waals surface area contributed by atoms with Gasteiger partial charge < -0.3 is 5.32 Å². The maximum atomic E-state index is 4.52. The smallest absolute Gasteiger partial charge is 0.0482 e. The molecule has 1 aliphatic rings. The molecule has 2 atom stereocenters. The molecule has 0 fully saturated rings. The Morgan fingerprint density at radius 2 is 2.50 bits per heavy atom. The minimum atomic E-state index is 0.589. The minimum Gasteiger partial charge on any atom is -0.316 e. The van der Waals surface area contributed by atoms with Crippen molar-refractivity contribution in [2.24, 2.45) is 0 Å². The van der Waals surface area contributed by atoms with Crippen molar-refractivity contribution in [3.8, 4) is 0 Å².